The molecule has 1 atom stereocenters. The van der Waals surface area contributed by atoms with Crippen LogP contribution >= 0.6 is 11.6 Å². The van der Waals surface area contributed by atoms with Crippen LogP contribution in [-0.2, 0) is 9.59 Å². The van der Waals surface area contributed by atoms with Gasteiger partial charge in [-0.05, 0) is 54.4 Å². The Balaban J connectivity index is 1.87. The van der Waals surface area contributed by atoms with Crippen LogP contribution in [0.25, 0.3) is 5.76 Å². The van der Waals surface area contributed by atoms with Crippen LogP contribution in [0.5, 0.6) is 11.5 Å². The number of anilines is 1. The number of aliphatic hydroxyl groups excluding tert-OH is 1. The number of para-hydroxylation sites is 1. The number of carbonyl (C=O) groups excluding carboxylic acids is 2. The van der Waals surface area contributed by atoms with E-state index >= 15 is 0 Å². The molecule has 0 spiro atoms. The lowest BCUT2D eigenvalue weighted by molar-refractivity contribution is -0.132. The number of benzene rings is 3. The van der Waals surface area contributed by atoms with Gasteiger partial charge in [-0.1, -0.05) is 48.9 Å². The number of rotatable bonds is 7. The Morgan fingerprint density at radius 2 is 1.74 bits per heavy atom. The van der Waals surface area contributed by atoms with E-state index < -0.39 is 17.7 Å². The molecular formula is C27H24ClNO5. The first kappa shape index (κ1) is 23.4. The van der Waals surface area contributed by atoms with Crippen molar-refractivity contribution < 1.29 is 24.2 Å². The van der Waals surface area contributed by atoms with Gasteiger partial charge >= 0.3 is 0 Å². The van der Waals surface area contributed by atoms with Gasteiger partial charge in [0.05, 0.1) is 30.4 Å². The van der Waals surface area contributed by atoms with Gasteiger partial charge in [-0.25, -0.2) is 0 Å². The van der Waals surface area contributed by atoms with Gasteiger partial charge in [0, 0.05) is 11.3 Å². The third-order valence-corrected chi connectivity index (χ3v) is 5.88. The molecule has 0 bridgehead atoms. The number of Topliss-reactive ketones (excluding diaryl/α,β-unsaturated/α-hetero) is 1. The van der Waals surface area contributed by atoms with Crippen LogP contribution in [0, 0.1) is 0 Å². The molecule has 1 unspecified atom stereocenters. The highest BCUT2D eigenvalue weighted by Crippen LogP contribution is 2.43. The monoisotopic (exact) mass is 477 g/mol. The molecule has 3 aromatic rings. The Hall–Kier alpha value is -3.77. The Morgan fingerprint density at radius 3 is 2.38 bits per heavy atom. The molecule has 174 valence electrons. The molecule has 1 N–H and O–H groups in total. The molecule has 1 saturated heterocycles. The molecule has 0 aliphatic carbocycles. The van der Waals surface area contributed by atoms with Crippen molar-refractivity contribution >= 4 is 34.7 Å². The second-order valence-corrected chi connectivity index (χ2v) is 8.18. The molecule has 7 heteroatoms. The van der Waals surface area contributed by atoms with Crippen molar-refractivity contribution in [3.63, 3.8) is 0 Å². The van der Waals surface area contributed by atoms with E-state index in [1.165, 1.54) is 18.1 Å². The minimum absolute atomic E-state index is 0.0135. The number of amides is 1. The molecule has 3 aromatic carbocycles. The number of aliphatic hydroxyl groups is 1. The summed E-state index contributed by atoms with van der Waals surface area (Å²) >= 11 is 6.13. The van der Waals surface area contributed by atoms with E-state index in [9.17, 15) is 14.7 Å². The van der Waals surface area contributed by atoms with Gasteiger partial charge < -0.3 is 14.6 Å². The van der Waals surface area contributed by atoms with Crippen LogP contribution in [-0.4, -0.2) is 30.5 Å². The summed E-state index contributed by atoms with van der Waals surface area (Å²) in [4.78, 5) is 27.8. The fraction of sp³-hybridized carbons (Fsp3) is 0.185. The summed E-state index contributed by atoms with van der Waals surface area (Å²) in [5.74, 6) is -0.763. The molecule has 6 nitrogen and oxygen atoms in total. The molecule has 4 rings (SSSR count). The zero-order valence-electron chi connectivity index (χ0n) is 18.8. The Bertz CT molecular complexity index is 1240. The number of methoxy groups -OCH3 is 1. The average Bonchev–Trinajstić information content (AvgIpc) is 3.13. The molecular weight excluding hydrogens is 454 g/mol. The number of hydrogen-bond donors (Lipinski definition) is 1. The second kappa shape index (κ2) is 10.0. The van der Waals surface area contributed by atoms with E-state index in [2.05, 4.69) is 0 Å². The number of ketones is 1. The van der Waals surface area contributed by atoms with Gasteiger partial charge in [0.1, 0.15) is 17.3 Å². The molecule has 1 fully saturated rings. The third kappa shape index (κ3) is 4.37. The van der Waals surface area contributed by atoms with E-state index in [1.54, 1.807) is 60.7 Å². The standard InChI is InChI=1S/C27H24ClNO5/c1-3-15-34-20-12-9-17(10-13-20)24-23(25(30)18-11-14-21(28)22(16-18)33-2)26(31)27(32)29(24)19-7-5-4-6-8-19/h4-14,16,24,30H,3,15H2,1-2H3/b25-23-. The quantitative estimate of drug-likeness (QED) is 0.266. The van der Waals surface area contributed by atoms with E-state index in [-0.39, 0.29) is 11.3 Å². The number of hydrogen-bond acceptors (Lipinski definition) is 5. The zero-order valence-corrected chi connectivity index (χ0v) is 19.6. The highest BCUT2D eigenvalue weighted by atomic mass is 35.5. The minimum Gasteiger partial charge on any atom is -0.507 e. The molecule has 0 radical (unpaired) electrons. The fourth-order valence-electron chi connectivity index (χ4n) is 3.93. The summed E-state index contributed by atoms with van der Waals surface area (Å²) in [6.07, 6.45) is 0.875. The van der Waals surface area contributed by atoms with Crippen molar-refractivity contribution in [2.75, 3.05) is 18.6 Å². The van der Waals surface area contributed by atoms with Gasteiger partial charge in [-0.2, -0.15) is 0 Å². The molecule has 0 aromatic heterocycles. The maximum Gasteiger partial charge on any atom is 0.300 e. The Kier molecular flexibility index (Phi) is 6.89. The second-order valence-electron chi connectivity index (χ2n) is 7.77. The summed E-state index contributed by atoms with van der Waals surface area (Å²) in [7, 11) is 1.46. The molecule has 1 aliphatic rings. The fourth-order valence-corrected chi connectivity index (χ4v) is 4.13. The number of halogens is 1. The summed E-state index contributed by atoms with van der Waals surface area (Å²) in [6, 6.07) is 19.9. The van der Waals surface area contributed by atoms with Gasteiger partial charge in [0.2, 0.25) is 0 Å². The lowest BCUT2D eigenvalue weighted by Crippen LogP contribution is -2.29. The van der Waals surface area contributed by atoms with Crippen molar-refractivity contribution in [3.05, 3.63) is 94.5 Å². The topological polar surface area (TPSA) is 76.1 Å². The summed E-state index contributed by atoms with van der Waals surface area (Å²) in [6.45, 7) is 2.60. The molecule has 1 aliphatic heterocycles. The van der Waals surface area contributed by atoms with Crippen LogP contribution in [0.2, 0.25) is 5.02 Å². The van der Waals surface area contributed by atoms with Crippen LogP contribution < -0.4 is 14.4 Å². The Morgan fingerprint density at radius 1 is 1.03 bits per heavy atom. The molecule has 34 heavy (non-hydrogen) atoms. The number of ether oxygens (including phenoxy) is 2. The van der Waals surface area contributed by atoms with Crippen LogP contribution in [0.15, 0.2) is 78.4 Å². The average molecular weight is 478 g/mol. The van der Waals surface area contributed by atoms with Crippen LogP contribution in [0.3, 0.4) is 0 Å². The summed E-state index contributed by atoms with van der Waals surface area (Å²) in [5, 5.41) is 11.6. The minimum atomic E-state index is -0.829. The molecule has 0 saturated carbocycles. The predicted octanol–water partition coefficient (Wildman–Crippen LogP) is 5.76. The van der Waals surface area contributed by atoms with Crippen molar-refractivity contribution in [2.45, 2.75) is 19.4 Å². The van der Waals surface area contributed by atoms with Crippen LogP contribution in [0.4, 0.5) is 5.69 Å². The SMILES string of the molecule is CCCOc1ccc(C2/C(=C(/O)c3ccc(Cl)c(OC)c3)C(=O)C(=O)N2c2ccccc2)cc1. The molecule has 1 amide bonds. The first-order chi connectivity index (χ1) is 16.5. The maximum absolute atomic E-state index is 13.2. The predicted molar refractivity (Wildman–Crippen MR) is 131 cm³/mol. The van der Waals surface area contributed by atoms with Crippen molar-refractivity contribution in [1.82, 2.24) is 0 Å². The van der Waals surface area contributed by atoms with Gasteiger partial charge in [0.25, 0.3) is 11.7 Å². The largest absolute Gasteiger partial charge is 0.507 e. The normalized spacial score (nSPS) is 17.1. The lowest BCUT2D eigenvalue weighted by atomic mass is 9.95. The molecule has 1 heterocycles. The van der Waals surface area contributed by atoms with Gasteiger partial charge in [0.15, 0.2) is 0 Å². The lowest BCUT2D eigenvalue weighted by Gasteiger charge is -2.25. The van der Waals surface area contributed by atoms with E-state index in [0.29, 0.717) is 39.9 Å². The number of nitrogens with zero attached hydrogens (tertiary/aromatic N) is 1. The highest BCUT2D eigenvalue weighted by Gasteiger charge is 2.47. The smallest absolute Gasteiger partial charge is 0.300 e. The first-order valence-electron chi connectivity index (χ1n) is 10.9. The van der Waals surface area contributed by atoms with E-state index in [0.717, 1.165) is 6.42 Å². The Labute approximate surface area is 203 Å². The summed E-state index contributed by atoms with van der Waals surface area (Å²) in [5.41, 5.74) is 1.52. The first-order valence-corrected chi connectivity index (χ1v) is 11.3. The summed E-state index contributed by atoms with van der Waals surface area (Å²) < 4.78 is 10.9. The third-order valence-electron chi connectivity index (χ3n) is 5.57. The highest BCUT2D eigenvalue weighted by molar-refractivity contribution is 6.51. The van der Waals surface area contributed by atoms with Gasteiger partial charge in [-0.3, -0.25) is 14.5 Å². The van der Waals surface area contributed by atoms with Crippen molar-refractivity contribution in [1.29, 1.82) is 0 Å². The maximum atomic E-state index is 13.2. The van der Waals surface area contributed by atoms with E-state index in [4.69, 9.17) is 21.1 Å². The van der Waals surface area contributed by atoms with E-state index in [1.807, 2.05) is 13.0 Å². The van der Waals surface area contributed by atoms with Crippen LogP contribution in [0.1, 0.15) is 30.5 Å². The number of carbonyl (C=O) groups is 2. The zero-order chi connectivity index (χ0) is 24.2. The van der Waals surface area contributed by atoms with Crippen molar-refractivity contribution in [3.8, 4) is 11.5 Å². The van der Waals surface area contributed by atoms with Crippen molar-refractivity contribution in [2.24, 2.45) is 0 Å². The van der Waals surface area contributed by atoms with Gasteiger partial charge in [-0.15, -0.1) is 0 Å².